The van der Waals surface area contributed by atoms with Crippen LogP contribution in [-0.4, -0.2) is 6.54 Å². The van der Waals surface area contributed by atoms with E-state index in [1.165, 1.54) is 18.2 Å². The summed E-state index contributed by atoms with van der Waals surface area (Å²) in [5.41, 5.74) is 1.47. The van der Waals surface area contributed by atoms with Gasteiger partial charge in [-0.05, 0) is 54.8 Å². The van der Waals surface area contributed by atoms with E-state index in [-0.39, 0.29) is 11.9 Å². The first-order valence-electron chi connectivity index (χ1n) is 7.03. The maximum Gasteiger partial charge on any atom is 0.159 e. The molecule has 0 aromatic heterocycles. The van der Waals surface area contributed by atoms with Crippen molar-refractivity contribution in [3.05, 3.63) is 71.0 Å². The van der Waals surface area contributed by atoms with E-state index in [4.69, 9.17) is 0 Å². The lowest BCUT2D eigenvalue weighted by Gasteiger charge is -2.19. The normalized spacial score (nSPS) is 12.4. The van der Waals surface area contributed by atoms with Crippen molar-refractivity contribution < 1.29 is 13.2 Å². The largest absolute Gasteiger partial charge is 0.310 e. The van der Waals surface area contributed by atoms with Gasteiger partial charge in [-0.15, -0.1) is 0 Å². The van der Waals surface area contributed by atoms with Crippen molar-refractivity contribution in [1.29, 1.82) is 0 Å². The third kappa shape index (κ3) is 4.33. The highest BCUT2D eigenvalue weighted by atomic mass is 19.2. The van der Waals surface area contributed by atoms with Crippen molar-refractivity contribution in [1.82, 2.24) is 5.32 Å². The predicted octanol–water partition coefficient (Wildman–Crippen LogP) is 4.39. The van der Waals surface area contributed by atoms with Gasteiger partial charge in [0.1, 0.15) is 5.82 Å². The standard InChI is InChI=1S/C17H18F3N/c1-2-8-21-17(13-4-3-5-14(18)11-13)10-12-6-7-15(19)16(20)9-12/h3-7,9,11,17,21H,2,8,10H2,1H3. The summed E-state index contributed by atoms with van der Waals surface area (Å²) in [6.45, 7) is 2.80. The minimum atomic E-state index is -0.860. The lowest BCUT2D eigenvalue weighted by molar-refractivity contribution is 0.499. The highest BCUT2D eigenvalue weighted by Crippen LogP contribution is 2.20. The number of benzene rings is 2. The molecule has 0 amide bonds. The number of hydrogen-bond acceptors (Lipinski definition) is 1. The zero-order valence-corrected chi connectivity index (χ0v) is 11.9. The molecule has 4 heteroatoms. The lowest BCUT2D eigenvalue weighted by atomic mass is 9.98. The van der Waals surface area contributed by atoms with E-state index in [0.29, 0.717) is 12.0 Å². The first kappa shape index (κ1) is 15.6. The number of rotatable bonds is 6. The Labute approximate surface area is 122 Å². The van der Waals surface area contributed by atoms with E-state index in [1.807, 2.05) is 13.0 Å². The molecule has 0 aliphatic carbocycles. The molecule has 21 heavy (non-hydrogen) atoms. The fraction of sp³-hybridized carbons (Fsp3) is 0.294. The number of halogens is 3. The van der Waals surface area contributed by atoms with Crippen LogP contribution in [0.25, 0.3) is 0 Å². The van der Waals surface area contributed by atoms with Crippen molar-refractivity contribution in [3.63, 3.8) is 0 Å². The second-order valence-electron chi connectivity index (χ2n) is 5.01. The first-order chi connectivity index (χ1) is 10.1. The van der Waals surface area contributed by atoms with Crippen LogP contribution < -0.4 is 5.32 Å². The van der Waals surface area contributed by atoms with Gasteiger partial charge in [-0.2, -0.15) is 0 Å². The van der Waals surface area contributed by atoms with Crippen LogP contribution in [0.3, 0.4) is 0 Å². The second kappa shape index (κ2) is 7.27. The molecule has 2 rings (SSSR count). The Morgan fingerprint density at radius 1 is 1.00 bits per heavy atom. The molecule has 1 unspecified atom stereocenters. The van der Waals surface area contributed by atoms with Gasteiger partial charge < -0.3 is 5.32 Å². The third-order valence-electron chi connectivity index (χ3n) is 3.32. The van der Waals surface area contributed by atoms with Gasteiger partial charge in [0.15, 0.2) is 11.6 Å². The highest BCUT2D eigenvalue weighted by molar-refractivity contribution is 5.25. The van der Waals surface area contributed by atoms with Crippen LogP contribution in [0.2, 0.25) is 0 Å². The van der Waals surface area contributed by atoms with Crippen molar-refractivity contribution in [3.8, 4) is 0 Å². The van der Waals surface area contributed by atoms with Crippen LogP contribution in [0.4, 0.5) is 13.2 Å². The third-order valence-corrected chi connectivity index (χ3v) is 3.32. The molecule has 0 aliphatic rings. The maximum atomic E-state index is 13.4. The van der Waals surface area contributed by atoms with Crippen molar-refractivity contribution in [2.24, 2.45) is 0 Å². The van der Waals surface area contributed by atoms with Gasteiger partial charge in [-0.25, -0.2) is 13.2 Å². The molecule has 0 heterocycles. The topological polar surface area (TPSA) is 12.0 Å². The monoisotopic (exact) mass is 293 g/mol. The summed E-state index contributed by atoms with van der Waals surface area (Å²) >= 11 is 0. The molecule has 1 N–H and O–H groups in total. The summed E-state index contributed by atoms with van der Waals surface area (Å²) in [4.78, 5) is 0. The molecule has 0 spiro atoms. The molecular weight excluding hydrogens is 275 g/mol. The zero-order chi connectivity index (χ0) is 15.2. The Kier molecular flexibility index (Phi) is 5.39. The summed E-state index contributed by atoms with van der Waals surface area (Å²) < 4.78 is 39.6. The first-order valence-corrected chi connectivity index (χ1v) is 7.03. The molecule has 0 radical (unpaired) electrons. The summed E-state index contributed by atoms with van der Waals surface area (Å²) in [6, 6.07) is 10.1. The van der Waals surface area contributed by atoms with Gasteiger partial charge in [0.25, 0.3) is 0 Å². The van der Waals surface area contributed by atoms with Gasteiger partial charge in [-0.1, -0.05) is 25.1 Å². The average Bonchev–Trinajstić information content (AvgIpc) is 2.47. The molecule has 2 aromatic rings. The van der Waals surface area contributed by atoms with Gasteiger partial charge >= 0.3 is 0 Å². The Bertz CT molecular complexity index is 598. The van der Waals surface area contributed by atoms with E-state index in [2.05, 4.69) is 5.32 Å². The summed E-state index contributed by atoms with van der Waals surface area (Å²) in [6.07, 6.45) is 1.41. The summed E-state index contributed by atoms with van der Waals surface area (Å²) in [5.74, 6) is -2.02. The minimum Gasteiger partial charge on any atom is -0.310 e. The summed E-state index contributed by atoms with van der Waals surface area (Å²) in [7, 11) is 0. The van der Waals surface area contributed by atoms with E-state index in [9.17, 15) is 13.2 Å². The molecule has 0 saturated heterocycles. The second-order valence-corrected chi connectivity index (χ2v) is 5.01. The molecule has 0 bridgehead atoms. The highest BCUT2D eigenvalue weighted by Gasteiger charge is 2.13. The molecule has 0 aliphatic heterocycles. The predicted molar refractivity (Wildman–Crippen MR) is 77.5 cm³/mol. The molecular formula is C17H18F3N. The fourth-order valence-corrected chi connectivity index (χ4v) is 2.25. The van der Waals surface area contributed by atoms with E-state index in [1.54, 1.807) is 12.1 Å². The van der Waals surface area contributed by atoms with Gasteiger partial charge in [-0.3, -0.25) is 0 Å². The number of hydrogen-bond donors (Lipinski definition) is 1. The molecule has 0 fully saturated rings. The molecule has 2 aromatic carbocycles. The molecule has 112 valence electrons. The molecule has 1 atom stereocenters. The Balaban J connectivity index is 2.21. The Morgan fingerprint density at radius 2 is 1.81 bits per heavy atom. The van der Waals surface area contributed by atoms with Gasteiger partial charge in [0.05, 0.1) is 0 Å². The van der Waals surface area contributed by atoms with Crippen molar-refractivity contribution in [2.45, 2.75) is 25.8 Å². The van der Waals surface area contributed by atoms with Crippen molar-refractivity contribution in [2.75, 3.05) is 6.54 Å². The Morgan fingerprint density at radius 3 is 2.48 bits per heavy atom. The van der Waals surface area contributed by atoms with E-state index >= 15 is 0 Å². The minimum absolute atomic E-state index is 0.134. The van der Waals surface area contributed by atoms with Crippen LogP contribution in [-0.2, 0) is 6.42 Å². The van der Waals surface area contributed by atoms with Gasteiger partial charge in [0, 0.05) is 6.04 Å². The zero-order valence-electron chi connectivity index (χ0n) is 11.9. The summed E-state index contributed by atoms with van der Waals surface area (Å²) in [5, 5.41) is 3.31. The van der Waals surface area contributed by atoms with Gasteiger partial charge in [0.2, 0.25) is 0 Å². The number of nitrogens with one attached hydrogen (secondary N) is 1. The average molecular weight is 293 g/mol. The van der Waals surface area contributed by atoms with Crippen LogP contribution >= 0.6 is 0 Å². The van der Waals surface area contributed by atoms with Crippen LogP contribution in [0.15, 0.2) is 42.5 Å². The van der Waals surface area contributed by atoms with Crippen LogP contribution in [0.5, 0.6) is 0 Å². The lowest BCUT2D eigenvalue weighted by Crippen LogP contribution is -2.24. The van der Waals surface area contributed by atoms with Crippen LogP contribution in [0.1, 0.15) is 30.5 Å². The van der Waals surface area contributed by atoms with Crippen molar-refractivity contribution >= 4 is 0 Å². The van der Waals surface area contributed by atoms with Crippen LogP contribution in [0, 0.1) is 17.5 Å². The SMILES string of the molecule is CCCNC(Cc1ccc(F)c(F)c1)c1cccc(F)c1. The molecule has 0 saturated carbocycles. The maximum absolute atomic E-state index is 13.4. The fourth-order valence-electron chi connectivity index (χ4n) is 2.25. The van der Waals surface area contributed by atoms with E-state index in [0.717, 1.165) is 24.6 Å². The smallest absolute Gasteiger partial charge is 0.159 e. The Hall–Kier alpha value is -1.81. The van der Waals surface area contributed by atoms with E-state index < -0.39 is 11.6 Å². The quantitative estimate of drug-likeness (QED) is 0.833. The molecule has 1 nitrogen and oxygen atoms in total.